The highest BCUT2D eigenvalue weighted by Gasteiger charge is 2.44. The van der Waals surface area contributed by atoms with Crippen LogP contribution in [-0.2, 0) is 11.3 Å². The molecule has 2 heterocycles. The summed E-state index contributed by atoms with van der Waals surface area (Å²) in [4.78, 5) is 29.8. The summed E-state index contributed by atoms with van der Waals surface area (Å²) in [5.74, 6) is -0.812. The predicted octanol–water partition coefficient (Wildman–Crippen LogP) is 1.54. The van der Waals surface area contributed by atoms with E-state index in [1.165, 1.54) is 11.3 Å². The van der Waals surface area contributed by atoms with Crippen LogP contribution < -0.4 is 5.32 Å². The van der Waals surface area contributed by atoms with Gasteiger partial charge in [-0.1, -0.05) is 6.92 Å². The van der Waals surface area contributed by atoms with E-state index in [2.05, 4.69) is 10.3 Å². The third-order valence-electron chi connectivity index (χ3n) is 3.67. The first kappa shape index (κ1) is 13.8. The second-order valence-corrected chi connectivity index (χ2v) is 5.71. The van der Waals surface area contributed by atoms with E-state index in [0.29, 0.717) is 25.9 Å². The van der Waals surface area contributed by atoms with Crippen molar-refractivity contribution in [1.82, 2.24) is 15.2 Å². The molecule has 19 heavy (non-hydrogen) atoms. The standard InChI is InChI=1S/C12H17N3O3S/c1-2-12(10(16)17)3-4-15(7-12)11(18)14-6-9-5-13-8-19-9/h5,8H,2-4,6-7H2,1H3,(H,14,18)(H,16,17). The summed E-state index contributed by atoms with van der Waals surface area (Å²) in [5.41, 5.74) is 0.936. The van der Waals surface area contributed by atoms with Gasteiger partial charge in [0.2, 0.25) is 0 Å². The molecule has 0 radical (unpaired) electrons. The fourth-order valence-corrected chi connectivity index (χ4v) is 2.80. The predicted molar refractivity (Wildman–Crippen MR) is 70.9 cm³/mol. The average molecular weight is 283 g/mol. The lowest BCUT2D eigenvalue weighted by atomic mass is 9.84. The van der Waals surface area contributed by atoms with Crippen molar-refractivity contribution >= 4 is 23.3 Å². The molecule has 1 unspecified atom stereocenters. The Hall–Kier alpha value is -1.63. The topological polar surface area (TPSA) is 82.5 Å². The Bertz CT molecular complexity index is 463. The van der Waals surface area contributed by atoms with E-state index in [9.17, 15) is 14.7 Å². The largest absolute Gasteiger partial charge is 0.481 e. The summed E-state index contributed by atoms with van der Waals surface area (Å²) in [5, 5.41) is 12.1. The van der Waals surface area contributed by atoms with Crippen LogP contribution in [0.2, 0.25) is 0 Å². The number of nitrogens with one attached hydrogen (secondary N) is 1. The Morgan fingerprint density at radius 2 is 2.42 bits per heavy atom. The summed E-state index contributed by atoms with van der Waals surface area (Å²) in [6, 6.07) is -0.204. The fraction of sp³-hybridized carbons (Fsp3) is 0.583. The minimum atomic E-state index is -0.812. The lowest BCUT2D eigenvalue weighted by Crippen LogP contribution is -2.41. The normalized spacial score (nSPS) is 22.5. The second kappa shape index (κ2) is 5.56. The summed E-state index contributed by atoms with van der Waals surface area (Å²) < 4.78 is 0. The molecule has 1 aromatic rings. The monoisotopic (exact) mass is 283 g/mol. The molecule has 1 saturated heterocycles. The number of carboxylic acid groups (broad SMARTS) is 1. The van der Waals surface area contributed by atoms with Gasteiger partial charge in [-0.15, -0.1) is 11.3 Å². The van der Waals surface area contributed by atoms with Crippen molar-refractivity contribution in [3.63, 3.8) is 0 Å². The molecule has 1 aromatic heterocycles. The molecule has 1 fully saturated rings. The number of carbonyl (C=O) groups is 2. The molecule has 0 saturated carbocycles. The van der Waals surface area contributed by atoms with Crippen LogP contribution in [0.5, 0.6) is 0 Å². The van der Waals surface area contributed by atoms with Gasteiger partial charge in [0.15, 0.2) is 0 Å². The van der Waals surface area contributed by atoms with Gasteiger partial charge in [-0.25, -0.2) is 4.79 Å². The Balaban J connectivity index is 1.89. The Kier molecular flexibility index (Phi) is 4.04. The average Bonchev–Trinajstić information content (AvgIpc) is 3.05. The number of nitrogens with zero attached hydrogens (tertiary/aromatic N) is 2. The summed E-state index contributed by atoms with van der Waals surface area (Å²) in [7, 11) is 0. The Morgan fingerprint density at radius 3 is 2.95 bits per heavy atom. The van der Waals surface area contributed by atoms with Crippen LogP contribution in [0.15, 0.2) is 11.7 Å². The van der Waals surface area contributed by atoms with Crippen molar-refractivity contribution in [3.8, 4) is 0 Å². The minimum Gasteiger partial charge on any atom is -0.481 e. The first-order chi connectivity index (χ1) is 9.07. The molecule has 2 amide bonds. The first-order valence-corrected chi connectivity index (χ1v) is 7.09. The molecule has 2 N–H and O–H groups in total. The van der Waals surface area contributed by atoms with Crippen molar-refractivity contribution in [2.75, 3.05) is 13.1 Å². The number of aliphatic carboxylic acids is 1. The maximum absolute atomic E-state index is 12.0. The lowest BCUT2D eigenvalue weighted by molar-refractivity contribution is -0.148. The van der Waals surface area contributed by atoms with Gasteiger partial charge in [0.1, 0.15) is 0 Å². The quantitative estimate of drug-likeness (QED) is 0.878. The Morgan fingerprint density at radius 1 is 1.63 bits per heavy atom. The van der Waals surface area contributed by atoms with Gasteiger partial charge in [-0.05, 0) is 12.8 Å². The molecule has 0 spiro atoms. The van der Waals surface area contributed by atoms with Crippen LogP contribution in [0.4, 0.5) is 4.79 Å². The van der Waals surface area contributed by atoms with Crippen LogP contribution in [0.1, 0.15) is 24.6 Å². The second-order valence-electron chi connectivity index (χ2n) is 4.74. The van der Waals surface area contributed by atoms with E-state index in [0.717, 1.165) is 4.88 Å². The third kappa shape index (κ3) is 2.86. The van der Waals surface area contributed by atoms with Crippen LogP contribution in [0.25, 0.3) is 0 Å². The highest BCUT2D eigenvalue weighted by atomic mass is 32.1. The summed E-state index contributed by atoms with van der Waals surface area (Å²) in [6.07, 6.45) is 2.77. The van der Waals surface area contributed by atoms with Crippen molar-refractivity contribution in [1.29, 1.82) is 0 Å². The van der Waals surface area contributed by atoms with Crippen LogP contribution in [0.3, 0.4) is 0 Å². The molecule has 1 aliphatic heterocycles. The summed E-state index contributed by atoms with van der Waals surface area (Å²) >= 11 is 1.48. The molecule has 0 aliphatic carbocycles. The van der Waals surface area contributed by atoms with Crippen LogP contribution >= 0.6 is 11.3 Å². The zero-order chi connectivity index (χ0) is 13.9. The first-order valence-electron chi connectivity index (χ1n) is 6.21. The van der Waals surface area contributed by atoms with Gasteiger partial charge in [0, 0.05) is 24.2 Å². The highest BCUT2D eigenvalue weighted by Crippen LogP contribution is 2.34. The molecule has 7 heteroatoms. The van der Waals surface area contributed by atoms with Gasteiger partial charge < -0.3 is 15.3 Å². The SMILES string of the molecule is CCC1(C(=O)O)CCN(C(=O)NCc2cncs2)C1. The number of carboxylic acids is 1. The molecular formula is C12H17N3O3S. The fourth-order valence-electron chi connectivity index (χ4n) is 2.26. The molecule has 6 nitrogen and oxygen atoms in total. The number of aromatic nitrogens is 1. The van der Waals surface area contributed by atoms with Crippen molar-refractivity contribution in [2.24, 2.45) is 5.41 Å². The molecule has 0 bridgehead atoms. The number of thiazole rings is 1. The number of hydrogen-bond acceptors (Lipinski definition) is 4. The number of amides is 2. The zero-order valence-electron chi connectivity index (χ0n) is 10.8. The summed E-state index contributed by atoms with van der Waals surface area (Å²) in [6.45, 7) is 3.07. The molecule has 1 atom stereocenters. The lowest BCUT2D eigenvalue weighted by Gasteiger charge is -2.23. The molecule has 0 aromatic carbocycles. The number of carbonyl (C=O) groups excluding carboxylic acids is 1. The van der Waals surface area contributed by atoms with Crippen LogP contribution in [-0.4, -0.2) is 40.1 Å². The van der Waals surface area contributed by atoms with Crippen LogP contribution in [0, 0.1) is 5.41 Å². The highest BCUT2D eigenvalue weighted by molar-refractivity contribution is 7.09. The van der Waals surface area contributed by atoms with Gasteiger partial charge in [-0.3, -0.25) is 9.78 Å². The van der Waals surface area contributed by atoms with E-state index in [1.54, 1.807) is 16.6 Å². The molecule has 104 valence electrons. The van der Waals surface area contributed by atoms with E-state index in [4.69, 9.17) is 0 Å². The van der Waals surface area contributed by atoms with Gasteiger partial charge >= 0.3 is 12.0 Å². The molecule has 2 rings (SSSR count). The van der Waals surface area contributed by atoms with Gasteiger partial charge in [0.25, 0.3) is 0 Å². The maximum Gasteiger partial charge on any atom is 0.317 e. The number of hydrogen-bond donors (Lipinski definition) is 2. The van der Waals surface area contributed by atoms with Gasteiger partial charge in [0.05, 0.1) is 17.5 Å². The van der Waals surface area contributed by atoms with Gasteiger partial charge in [-0.2, -0.15) is 0 Å². The molecule has 1 aliphatic rings. The van der Waals surface area contributed by atoms with Crippen molar-refractivity contribution in [2.45, 2.75) is 26.3 Å². The van der Waals surface area contributed by atoms with E-state index in [1.807, 2.05) is 6.92 Å². The molecular weight excluding hydrogens is 266 g/mol. The van der Waals surface area contributed by atoms with E-state index < -0.39 is 11.4 Å². The van der Waals surface area contributed by atoms with E-state index >= 15 is 0 Å². The maximum atomic E-state index is 12.0. The number of urea groups is 1. The van der Waals surface area contributed by atoms with E-state index in [-0.39, 0.29) is 12.6 Å². The van der Waals surface area contributed by atoms with Crippen molar-refractivity contribution in [3.05, 3.63) is 16.6 Å². The number of likely N-dealkylation sites (tertiary alicyclic amines) is 1. The zero-order valence-corrected chi connectivity index (χ0v) is 11.6. The third-order valence-corrected chi connectivity index (χ3v) is 4.45. The van der Waals surface area contributed by atoms with Crippen molar-refractivity contribution < 1.29 is 14.7 Å². The number of rotatable bonds is 4. The Labute approximate surface area is 115 Å². The minimum absolute atomic E-state index is 0.204. The smallest absolute Gasteiger partial charge is 0.317 e.